The summed E-state index contributed by atoms with van der Waals surface area (Å²) in [6, 6.07) is 4.38. The predicted octanol–water partition coefficient (Wildman–Crippen LogP) is 3.31. The Balaban J connectivity index is 1.79. The molecule has 172 valence electrons. The molecule has 0 atom stereocenters. The number of carbonyl (C=O) groups excluding carboxylic acids is 2. The molecule has 1 aliphatic rings. The number of amides is 2. The highest BCUT2D eigenvalue weighted by Crippen LogP contribution is 2.39. The molecule has 1 aromatic carbocycles. The van der Waals surface area contributed by atoms with Crippen LogP contribution in [0.25, 0.3) is 0 Å². The number of ether oxygens (including phenoxy) is 2. The number of H-pyrrole nitrogens is 1. The number of alkyl carbamates (subject to hydrolysis) is 1. The van der Waals surface area contributed by atoms with Gasteiger partial charge in [0.05, 0.1) is 22.3 Å². The number of imide groups is 1. The molecule has 1 aliphatic carbocycles. The SMILES string of the molecule is CCOC(=O)NC(=O)/C(C#N)=N\Nc1cc(Cl)c(Oc2n[nH]c(=O)c3c2CCCC3)c(Cl)c1. The molecular weight excluding hydrogens is 475 g/mol. The molecule has 2 aromatic rings. The maximum absolute atomic E-state index is 12.0. The lowest BCUT2D eigenvalue weighted by atomic mass is 9.94. The van der Waals surface area contributed by atoms with Gasteiger partial charge in [0.25, 0.3) is 11.5 Å². The van der Waals surface area contributed by atoms with E-state index in [1.54, 1.807) is 13.0 Å². The fourth-order valence-electron chi connectivity index (χ4n) is 3.10. The Bertz CT molecular complexity index is 1200. The molecular formula is C20H18Cl2N6O5. The summed E-state index contributed by atoms with van der Waals surface area (Å²) in [4.78, 5) is 35.2. The number of carbonyl (C=O) groups is 2. The van der Waals surface area contributed by atoms with Crippen LogP contribution in [0.2, 0.25) is 10.0 Å². The third kappa shape index (κ3) is 5.79. The van der Waals surface area contributed by atoms with Crippen LogP contribution in [0.1, 0.15) is 30.9 Å². The number of hydrazone groups is 1. The molecule has 0 spiro atoms. The van der Waals surface area contributed by atoms with Crippen molar-refractivity contribution in [1.29, 1.82) is 5.26 Å². The summed E-state index contributed by atoms with van der Waals surface area (Å²) in [7, 11) is 0. The van der Waals surface area contributed by atoms with E-state index < -0.39 is 17.7 Å². The number of aromatic nitrogens is 2. The highest BCUT2D eigenvalue weighted by atomic mass is 35.5. The number of nitriles is 1. The molecule has 0 saturated carbocycles. The summed E-state index contributed by atoms with van der Waals surface area (Å²) in [5.74, 6) is -0.718. The predicted molar refractivity (Wildman–Crippen MR) is 120 cm³/mol. The first kappa shape index (κ1) is 24.0. The minimum atomic E-state index is -1.05. The highest BCUT2D eigenvalue weighted by Gasteiger charge is 2.21. The number of benzene rings is 1. The molecule has 3 rings (SSSR count). The van der Waals surface area contributed by atoms with Crippen molar-refractivity contribution >= 4 is 46.6 Å². The second kappa shape index (κ2) is 10.8. The molecule has 1 aromatic heterocycles. The van der Waals surface area contributed by atoms with E-state index in [1.165, 1.54) is 12.1 Å². The van der Waals surface area contributed by atoms with E-state index >= 15 is 0 Å². The van der Waals surface area contributed by atoms with E-state index in [9.17, 15) is 14.4 Å². The molecule has 0 aliphatic heterocycles. The van der Waals surface area contributed by atoms with Crippen LogP contribution < -0.4 is 21.0 Å². The van der Waals surface area contributed by atoms with Crippen molar-refractivity contribution in [3.63, 3.8) is 0 Å². The van der Waals surface area contributed by atoms with Crippen LogP contribution in [-0.2, 0) is 22.4 Å². The van der Waals surface area contributed by atoms with Gasteiger partial charge < -0.3 is 9.47 Å². The molecule has 0 radical (unpaired) electrons. The van der Waals surface area contributed by atoms with E-state index in [2.05, 4.69) is 25.5 Å². The van der Waals surface area contributed by atoms with Crippen molar-refractivity contribution in [3.05, 3.63) is 43.7 Å². The number of halogens is 2. The van der Waals surface area contributed by atoms with Crippen LogP contribution >= 0.6 is 23.2 Å². The minimum absolute atomic E-state index is 0.0548. The minimum Gasteiger partial charge on any atom is -0.450 e. The average Bonchev–Trinajstić information content (AvgIpc) is 2.78. The number of nitrogens with zero attached hydrogens (tertiary/aromatic N) is 3. The highest BCUT2D eigenvalue weighted by molar-refractivity contribution is 6.47. The zero-order valence-electron chi connectivity index (χ0n) is 17.3. The molecule has 0 fully saturated rings. The van der Waals surface area contributed by atoms with Gasteiger partial charge in [-0.15, -0.1) is 5.10 Å². The second-order valence-corrected chi connectivity index (χ2v) is 7.57. The number of anilines is 1. The molecule has 1 heterocycles. The molecule has 0 bridgehead atoms. The quantitative estimate of drug-likeness (QED) is 0.408. The van der Waals surface area contributed by atoms with Crippen LogP contribution in [0.4, 0.5) is 10.5 Å². The normalized spacial score (nSPS) is 12.8. The molecule has 13 heteroatoms. The first-order valence-electron chi connectivity index (χ1n) is 9.83. The Morgan fingerprint density at radius 3 is 2.55 bits per heavy atom. The Kier molecular flexibility index (Phi) is 7.87. The Morgan fingerprint density at radius 1 is 1.24 bits per heavy atom. The van der Waals surface area contributed by atoms with Gasteiger partial charge in [-0.2, -0.15) is 10.4 Å². The van der Waals surface area contributed by atoms with E-state index in [4.69, 9.17) is 33.2 Å². The summed E-state index contributed by atoms with van der Waals surface area (Å²) < 4.78 is 10.4. The summed E-state index contributed by atoms with van der Waals surface area (Å²) in [5.41, 5.74) is 3.20. The van der Waals surface area contributed by atoms with Gasteiger partial charge in [0, 0.05) is 11.1 Å². The molecule has 0 saturated heterocycles. The zero-order chi connectivity index (χ0) is 24.0. The topological polar surface area (TPSA) is 159 Å². The van der Waals surface area contributed by atoms with Crippen molar-refractivity contribution in [2.75, 3.05) is 12.0 Å². The number of hydrogen-bond acceptors (Lipinski definition) is 9. The molecule has 3 N–H and O–H groups in total. The van der Waals surface area contributed by atoms with E-state index in [0.29, 0.717) is 18.4 Å². The second-order valence-electron chi connectivity index (χ2n) is 6.75. The standard InChI is InChI=1S/C20H18Cl2N6O5/c1-2-32-20(31)24-18(30)15(9-23)26-25-10-7-13(21)16(14(22)8-10)33-19-12-6-4-3-5-11(12)17(29)27-28-19/h7-8,25H,2-6H2,1H3,(H,27,29)(H,24,30,31)/b26-15-. The fraction of sp³-hybridized carbons (Fsp3) is 0.300. The van der Waals surface area contributed by atoms with Crippen LogP contribution in [0.3, 0.4) is 0 Å². The smallest absolute Gasteiger partial charge is 0.414 e. The lowest BCUT2D eigenvalue weighted by molar-refractivity contribution is -0.114. The monoisotopic (exact) mass is 492 g/mol. The Morgan fingerprint density at radius 2 is 1.91 bits per heavy atom. The van der Waals surface area contributed by atoms with E-state index in [1.807, 2.05) is 5.32 Å². The molecule has 33 heavy (non-hydrogen) atoms. The van der Waals surface area contributed by atoms with Crippen molar-refractivity contribution in [2.45, 2.75) is 32.6 Å². The van der Waals surface area contributed by atoms with Gasteiger partial charge >= 0.3 is 6.09 Å². The van der Waals surface area contributed by atoms with Crippen molar-refractivity contribution in [2.24, 2.45) is 5.10 Å². The molecule has 0 unspecified atom stereocenters. The maximum Gasteiger partial charge on any atom is 0.414 e. The lowest BCUT2D eigenvalue weighted by Crippen LogP contribution is -2.36. The van der Waals surface area contributed by atoms with Gasteiger partial charge in [-0.1, -0.05) is 23.2 Å². The summed E-state index contributed by atoms with van der Waals surface area (Å²) in [6.07, 6.45) is 2.09. The fourth-order valence-corrected chi connectivity index (χ4v) is 3.66. The number of rotatable bonds is 6. The van der Waals surface area contributed by atoms with Crippen LogP contribution in [0.15, 0.2) is 22.0 Å². The third-order valence-electron chi connectivity index (χ3n) is 4.56. The third-order valence-corrected chi connectivity index (χ3v) is 5.13. The number of nitrogens with one attached hydrogen (secondary N) is 3. The summed E-state index contributed by atoms with van der Waals surface area (Å²) in [6.45, 7) is 1.62. The van der Waals surface area contributed by atoms with E-state index in [-0.39, 0.29) is 39.5 Å². The molecule has 11 nitrogen and oxygen atoms in total. The Labute approximate surface area is 197 Å². The average molecular weight is 493 g/mol. The lowest BCUT2D eigenvalue weighted by Gasteiger charge is -2.18. The Hall–Kier alpha value is -3.62. The van der Waals surface area contributed by atoms with Gasteiger partial charge in [-0.3, -0.25) is 20.3 Å². The van der Waals surface area contributed by atoms with Gasteiger partial charge in [-0.25, -0.2) is 9.89 Å². The van der Waals surface area contributed by atoms with Gasteiger partial charge in [0.15, 0.2) is 5.75 Å². The van der Waals surface area contributed by atoms with E-state index in [0.717, 1.165) is 18.4 Å². The van der Waals surface area contributed by atoms with Crippen molar-refractivity contribution < 1.29 is 19.1 Å². The van der Waals surface area contributed by atoms with Gasteiger partial charge in [-0.05, 0) is 44.7 Å². The summed E-state index contributed by atoms with van der Waals surface area (Å²) >= 11 is 12.6. The van der Waals surface area contributed by atoms with Crippen molar-refractivity contribution in [3.8, 4) is 17.7 Å². The van der Waals surface area contributed by atoms with Crippen LogP contribution in [-0.4, -0.2) is 34.5 Å². The number of aromatic amines is 1. The van der Waals surface area contributed by atoms with Crippen LogP contribution in [0, 0.1) is 11.3 Å². The maximum atomic E-state index is 12.0. The largest absolute Gasteiger partial charge is 0.450 e. The van der Waals surface area contributed by atoms with Gasteiger partial charge in [0.2, 0.25) is 11.6 Å². The molecule has 2 amide bonds. The number of fused-ring (bicyclic) bond motifs is 1. The van der Waals surface area contributed by atoms with Crippen molar-refractivity contribution in [1.82, 2.24) is 15.5 Å². The summed E-state index contributed by atoms with van der Waals surface area (Å²) in [5, 5.41) is 21.2. The van der Waals surface area contributed by atoms with Crippen LogP contribution in [0.5, 0.6) is 11.6 Å². The number of hydrogen-bond donors (Lipinski definition) is 3. The van der Waals surface area contributed by atoms with Gasteiger partial charge in [0.1, 0.15) is 6.07 Å². The zero-order valence-corrected chi connectivity index (χ0v) is 18.8. The first-order valence-corrected chi connectivity index (χ1v) is 10.6. The first-order chi connectivity index (χ1) is 15.8.